The fourth-order valence-electron chi connectivity index (χ4n) is 1.98. The molecule has 0 aliphatic carbocycles. The van der Waals surface area contributed by atoms with Gasteiger partial charge in [-0.3, -0.25) is 4.68 Å². The maximum atomic E-state index is 5.50. The van der Waals surface area contributed by atoms with Crippen LogP contribution in [-0.2, 0) is 7.05 Å². The van der Waals surface area contributed by atoms with E-state index in [2.05, 4.69) is 10.4 Å². The maximum absolute atomic E-state index is 5.50. The van der Waals surface area contributed by atoms with Gasteiger partial charge in [-0.05, 0) is 37.2 Å². The molecule has 0 bridgehead atoms. The molecule has 0 unspecified atom stereocenters. The summed E-state index contributed by atoms with van der Waals surface area (Å²) in [5.74, 6) is 0.851. The minimum atomic E-state index is 0.686. The first-order valence-electron chi connectivity index (χ1n) is 6.36. The first kappa shape index (κ1) is 13.4. The molecule has 2 rings (SSSR count). The van der Waals surface area contributed by atoms with Gasteiger partial charge >= 0.3 is 0 Å². The number of aromatic nitrogens is 2. The summed E-state index contributed by atoms with van der Waals surface area (Å²) in [5, 5.41) is 7.67. The second-order valence-electron chi connectivity index (χ2n) is 4.33. The number of rotatable bonds is 6. The van der Waals surface area contributed by atoms with Crippen LogP contribution in [0.25, 0.3) is 11.3 Å². The third-order valence-electron chi connectivity index (χ3n) is 3.00. The Kier molecular flexibility index (Phi) is 4.41. The smallest absolute Gasteiger partial charge is 0.118 e. The minimum absolute atomic E-state index is 0.686. The molecule has 0 spiro atoms. The van der Waals surface area contributed by atoms with Gasteiger partial charge in [-0.1, -0.05) is 0 Å². The normalized spacial score (nSPS) is 10.5. The van der Waals surface area contributed by atoms with Crippen LogP contribution in [0.1, 0.15) is 6.42 Å². The van der Waals surface area contributed by atoms with Gasteiger partial charge in [0, 0.05) is 19.2 Å². The molecule has 0 saturated carbocycles. The van der Waals surface area contributed by atoms with E-state index in [-0.39, 0.29) is 0 Å². The Labute approximate surface area is 113 Å². The Bertz CT molecular complexity index is 519. The van der Waals surface area contributed by atoms with Crippen molar-refractivity contribution in [2.75, 3.05) is 25.5 Å². The molecule has 1 aromatic carbocycles. The van der Waals surface area contributed by atoms with Crippen LogP contribution in [0.15, 0.2) is 30.5 Å². The molecule has 0 atom stereocenters. The van der Waals surface area contributed by atoms with E-state index in [9.17, 15) is 0 Å². The topological polar surface area (TPSA) is 65.1 Å². The Morgan fingerprint density at radius 1 is 1.32 bits per heavy atom. The molecular formula is C14H20N4O. The molecule has 3 N–H and O–H groups in total. The summed E-state index contributed by atoms with van der Waals surface area (Å²) < 4.78 is 7.04. The molecule has 5 heteroatoms. The average Bonchev–Trinajstić information content (AvgIpc) is 2.80. The summed E-state index contributed by atoms with van der Waals surface area (Å²) in [7, 11) is 3.60. The van der Waals surface area contributed by atoms with Crippen LogP contribution in [0.3, 0.4) is 0 Å². The van der Waals surface area contributed by atoms with Gasteiger partial charge in [0.1, 0.15) is 5.75 Å². The van der Waals surface area contributed by atoms with Crippen molar-refractivity contribution < 1.29 is 4.74 Å². The number of aryl methyl sites for hydroxylation is 1. The largest absolute Gasteiger partial charge is 0.497 e. The Morgan fingerprint density at radius 2 is 2.05 bits per heavy atom. The molecule has 0 aliphatic rings. The van der Waals surface area contributed by atoms with Gasteiger partial charge in [0.15, 0.2) is 0 Å². The fraction of sp³-hybridized carbons (Fsp3) is 0.357. The van der Waals surface area contributed by atoms with Gasteiger partial charge in [0.2, 0.25) is 0 Å². The van der Waals surface area contributed by atoms with Crippen molar-refractivity contribution in [2.24, 2.45) is 12.8 Å². The first-order chi connectivity index (χ1) is 9.26. The van der Waals surface area contributed by atoms with Gasteiger partial charge in [-0.2, -0.15) is 5.10 Å². The van der Waals surface area contributed by atoms with Crippen LogP contribution in [0.4, 0.5) is 5.69 Å². The molecule has 0 saturated heterocycles. The van der Waals surface area contributed by atoms with E-state index in [0.29, 0.717) is 6.54 Å². The summed E-state index contributed by atoms with van der Waals surface area (Å²) in [5.41, 5.74) is 8.71. The number of anilines is 1. The lowest BCUT2D eigenvalue weighted by Gasteiger charge is -2.09. The lowest BCUT2D eigenvalue weighted by molar-refractivity contribution is 0.415. The van der Waals surface area contributed by atoms with Crippen molar-refractivity contribution >= 4 is 5.69 Å². The molecule has 102 valence electrons. The van der Waals surface area contributed by atoms with Crippen LogP contribution in [0, 0.1) is 0 Å². The quantitative estimate of drug-likeness (QED) is 0.778. The standard InChI is InChI=1S/C14H20N4O/c1-18-14(11-4-6-12(19-2)7-5-11)13(10-17-18)16-9-3-8-15/h4-7,10,16H,3,8-9,15H2,1-2H3. The highest BCUT2D eigenvalue weighted by Crippen LogP contribution is 2.28. The number of benzene rings is 1. The summed E-state index contributed by atoms with van der Waals surface area (Å²) in [6, 6.07) is 7.96. The van der Waals surface area contributed by atoms with Crippen LogP contribution in [-0.4, -0.2) is 30.0 Å². The second-order valence-corrected chi connectivity index (χ2v) is 4.33. The zero-order valence-corrected chi connectivity index (χ0v) is 11.4. The number of hydrogen-bond donors (Lipinski definition) is 2. The zero-order chi connectivity index (χ0) is 13.7. The third-order valence-corrected chi connectivity index (χ3v) is 3.00. The van der Waals surface area contributed by atoms with E-state index >= 15 is 0 Å². The number of nitrogens with two attached hydrogens (primary N) is 1. The molecule has 1 heterocycles. The minimum Gasteiger partial charge on any atom is -0.497 e. The lowest BCUT2D eigenvalue weighted by Crippen LogP contribution is -2.08. The highest BCUT2D eigenvalue weighted by atomic mass is 16.5. The second kappa shape index (κ2) is 6.24. The predicted octanol–water partition coefficient (Wildman–Crippen LogP) is 1.86. The summed E-state index contributed by atoms with van der Waals surface area (Å²) in [6.45, 7) is 1.54. The highest BCUT2D eigenvalue weighted by Gasteiger charge is 2.10. The number of hydrogen-bond acceptors (Lipinski definition) is 4. The predicted molar refractivity (Wildman–Crippen MR) is 77.4 cm³/mol. The summed E-state index contributed by atoms with van der Waals surface area (Å²) in [4.78, 5) is 0. The molecule has 0 fully saturated rings. The van der Waals surface area contributed by atoms with Gasteiger partial charge < -0.3 is 15.8 Å². The van der Waals surface area contributed by atoms with Crippen LogP contribution < -0.4 is 15.8 Å². The SMILES string of the molecule is COc1ccc(-c2c(NCCCN)cnn2C)cc1. The van der Waals surface area contributed by atoms with Crippen molar-refractivity contribution in [1.82, 2.24) is 9.78 Å². The molecule has 19 heavy (non-hydrogen) atoms. The van der Waals surface area contributed by atoms with Gasteiger partial charge in [-0.25, -0.2) is 0 Å². The molecule has 0 aliphatic heterocycles. The Balaban J connectivity index is 2.24. The molecule has 0 radical (unpaired) electrons. The molecular weight excluding hydrogens is 240 g/mol. The van der Waals surface area contributed by atoms with Crippen LogP contribution in [0.5, 0.6) is 5.75 Å². The van der Waals surface area contributed by atoms with Crippen molar-refractivity contribution in [2.45, 2.75) is 6.42 Å². The molecule has 2 aromatic rings. The zero-order valence-electron chi connectivity index (χ0n) is 11.4. The highest BCUT2D eigenvalue weighted by molar-refractivity contribution is 5.74. The molecule has 0 amide bonds. The monoisotopic (exact) mass is 260 g/mol. The first-order valence-corrected chi connectivity index (χ1v) is 6.36. The van der Waals surface area contributed by atoms with E-state index in [1.54, 1.807) is 7.11 Å². The van der Waals surface area contributed by atoms with E-state index in [0.717, 1.165) is 35.7 Å². The van der Waals surface area contributed by atoms with E-state index in [1.807, 2.05) is 42.2 Å². The number of nitrogens with one attached hydrogen (secondary N) is 1. The maximum Gasteiger partial charge on any atom is 0.118 e. The Hall–Kier alpha value is -2.01. The molecule has 5 nitrogen and oxygen atoms in total. The number of nitrogens with zero attached hydrogens (tertiary/aromatic N) is 2. The van der Waals surface area contributed by atoms with Crippen molar-refractivity contribution in [3.05, 3.63) is 30.5 Å². The van der Waals surface area contributed by atoms with E-state index in [1.165, 1.54) is 0 Å². The lowest BCUT2D eigenvalue weighted by atomic mass is 10.1. The number of ether oxygens (including phenoxy) is 1. The van der Waals surface area contributed by atoms with Gasteiger partial charge in [0.05, 0.1) is 24.7 Å². The van der Waals surface area contributed by atoms with Crippen molar-refractivity contribution in [1.29, 1.82) is 0 Å². The van der Waals surface area contributed by atoms with Gasteiger partial charge in [-0.15, -0.1) is 0 Å². The average molecular weight is 260 g/mol. The van der Waals surface area contributed by atoms with E-state index < -0.39 is 0 Å². The van der Waals surface area contributed by atoms with Crippen LogP contribution >= 0.6 is 0 Å². The van der Waals surface area contributed by atoms with Gasteiger partial charge in [0.25, 0.3) is 0 Å². The summed E-state index contributed by atoms with van der Waals surface area (Å²) in [6.07, 6.45) is 2.78. The number of methoxy groups -OCH3 is 1. The fourth-order valence-corrected chi connectivity index (χ4v) is 1.98. The van der Waals surface area contributed by atoms with E-state index in [4.69, 9.17) is 10.5 Å². The van der Waals surface area contributed by atoms with Crippen LogP contribution in [0.2, 0.25) is 0 Å². The summed E-state index contributed by atoms with van der Waals surface area (Å²) >= 11 is 0. The molecule has 1 aromatic heterocycles. The van der Waals surface area contributed by atoms with Crippen molar-refractivity contribution in [3.8, 4) is 17.0 Å². The third kappa shape index (κ3) is 3.06. The van der Waals surface area contributed by atoms with Crippen molar-refractivity contribution in [3.63, 3.8) is 0 Å². The Morgan fingerprint density at radius 3 is 2.68 bits per heavy atom.